The van der Waals surface area contributed by atoms with Gasteiger partial charge in [-0.15, -0.1) is 0 Å². The zero-order chi connectivity index (χ0) is 16.8. The Morgan fingerprint density at radius 2 is 1.96 bits per heavy atom. The number of nitrogens with one attached hydrogen (secondary N) is 1. The predicted molar refractivity (Wildman–Crippen MR) is 92.7 cm³/mol. The summed E-state index contributed by atoms with van der Waals surface area (Å²) in [6.45, 7) is 4.73. The van der Waals surface area contributed by atoms with Gasteiger partial charge in [0.15, 0.2) is 11.5 Å². The Morgan fingerprint density at radius 1 is 1.17 bits per heavy atom. The van der Waals surface area contributed by atoms with Gasteiger partial charge in [-0.05, 0) is 42.3 Å². The zero-order valence-electron chi connectivity index (χ0n) is 13.4. The highest BCUT2D eigenvalue weighted by atomic mass is 35.5. The van der Waals surface area contributed by atoms with Gasteiger partial charge in [0, 0.05) is 16.3 Å². The van der Waals surface area contributed by atoms with E-state index in [1.54, 1.807) is 49.6 Å². The van der Waals surface area contributed by atoms with Crippen molar-refractivity contribution in [2.24, 2.45) is 5.92 Å². The van der Waals surface area contributed by atoms with Gasteiger partial charge in [-0.25, -0.2) is 0 Å². The number of hydrogen-bond donors (Lipinski definition) is 1. The monoisotopic (exact) mass is 333 g/mol. The third-order valence-electron chi connectivity index (χ3n) is 3.08. The largest absolute Gasteiger partial charge is 0.493 e. The van der Waals surface area contributed by atoms with Crippen molar-refractivity contribution in [2.75, 3.05) is 19.0 Å². The molecule has 0 saturated carbocycles. The summed E-state index contributed by atoms with van der Waals surface area (Å²) < 4.78 is 11.0. The van der Waals surface area contributed by atoms with Crippen LogP contribution >= 0.6 is 11.6 Å². The van der Waals surface area contributed by atoms with Gasteiger partial charge in [-0.1, -0.05) is 31.5 Å². The van der Waals surface area contributed by atoms with Crippen LogP contribution in [0.4, 0.5) is 5.69 Å². The van der Waals surface area contributed by atoms with Crippen LogP contribution in [0.25, 0.3) is 0 Å². The van der Waals surface area contributed by atoms with Crippen molar-refractivity contribution in [3.05, 3.63) is 53.1 Å². The molecule has 0 aliphatic rings. The van der Waals surface area contributed by atoms with Crippen molar-refractivity contribution < 1.29 is 14.3 Å². The molecule has 2 rings (SSSR count). The van der Waals surface area contributed by atoms with Crippen LogP contribution in [-0.2, 0) is 0 Å². The molecule has 23 heavy (non-hydrogen) atoms. The van der Waals surface area contributed by atoms with E-state index < -0.39 is 0 Å². The van der Waals surface area contributed by atoms with Crippen molar-refractivity contribution in [3.8, 4) is 11.5 Å². The van der Waals surface area contributed by atoms with Crippen LogP contribution in [0.2, 0.25) is 5.02 Å². The van der Waals surface area contributed by atoms with E-state index >= 15 is 0 Å². The fourth-order valence-corrected chi connectivity index (χ4v) is 2.14. The number of methoxy groups -OCH3 is 1. The second-order valence-electron chi connectivity index (χ2n) is 5.53. The minimum absolute atomic E-state index is 0.235. The van der Waals surface area contributed by atoms with Crippen LogP contribution in [0.5, 0.6) is 11.5 Å². The summed E-state index contributed by atoms with van der Waals surface area (Å²) in [5, 5.41) is 3.37. The summed E-state index contributed by atoms with van der Waals surface area (Å²) in [4.78, 5) is 12.3. The van der Waals surface area contributed by atoms with Crippen molar-refractivity contribution in [3.63, 3.8) is 0 Å². The van der Waals surface area contributed by atoms with E-state index in [-0.39, 0.29) is 5.91 Å². The molecule has 0 unspecified atom stereocenters. The molecule has 4 nitrogen and oxygen atoms in total. The van der Waals surface area contributed by atoms with Crippen molar-refractivity contribution in [2.45, 2.75) is 13.8 Å². The van der Waals surface area contributed by atoms with Gasteiger partial charge in [0.05, 0.1) is 13.7 Å². The van der Waals surface area contributed by atoms with Crippen LogP contribution < -0.4 is 14.8 Å². The second-order valence-corrected chi connectivity index (χ2v) is 5.97. The Morgan fingerprint density at radius 3 is 2.61 bits per heavy atom. The van der Waals surface area contributed by atoms with Crippen molar-refractivity contribution in [1.82, 2.24) is 0 Å². The molecule has 0 bridgehead atoms. The Balaban J connectivity index is 2.14. The molecular formula is C18H20ClNO3. The summed E-state index contributed by atoms with van der Waals surface area (Å²) in [6, 6.07) is 12.1. The lowest BCUT2D eigenvalue weighted by atomic mass is 10.1. The molecule has 0 aliphatic heterocycles. The number of amides is 1. The molecule has 1 N–H and O–H groups in total. The Kier molecular flexibility index (Phi) is 5.88. The lowest BCUT2D eigenvalue weighted by Crippen LogP contribution is -2.12. The predicted octanol–water partition coefficient (Wildman–Crippen LogP) is 4.64. The molecule has 2 aromatic carbocycles. The number of anilines is 1. The van der Waals surface area contributed by atoms with E-state index in [0.717, 1.165) is 0 Å². The maximum Gasteiger partial charge on any atom is 0.255 e. The minimum Gasteiger partial charge on any atom is -0.493 e. The number of ether oxygens (including phenoxy) is 2. The molecule has 2 aromatic rings. The van der Waals surface area contributed by atoms with Gasteiger partial charge in [0.2, 0.25) is 0 Å². The molecule has 0 spiro atoms. The molecular weight excluding hydrogens is 314 g/mol. The molecule has 5 heteroatoms. The molecule has 0 radical (unpaired) electrons. The summed E-state index contributed by atoms with van der Waals surface area (Å²) in [6.07, 6.45) is 0. The Hall–Kier alpha value is -2.20. The van der Waals surface area contributed by atoms with Gasteiger partial charge in [-0.2, -0.15) is 0 Å². The quantitative estimate of drug-likeness (QED) is 0.838. The fraction of sp³-hybridized carbons (Fsp3) is 0.278. The topological polar surface area (TPSA) is 47.6 Å². The number of halogens is 1. The minimum atomic E-state index is -0.235. The summed E-state index contributed by atoms with van der Waals surface area (Å²) in [5.74, 6) is 1.33. The first-order chi connectivity index (χ1) is 11.0. The summed E-state index contributed by atoms with van der Waals surface area (Å²) >= 11 is 5.92. The van der Waals surface area contributed by atoms with E-state index in [4.69, 9.17) is 21.1 Å². The molecule has 0 aromatic heterocycles. The van der Waals surface area contributed by atoms with Crippen LogP contribution in [-0.4, -0.2) is 19.6 Å². The lowest BCUT2D eigenvalue weighted by molar-refractivity contribution is 0.102. The van der Waals surface area contributed by atoms with E-state index in [9.17, 15) is 4.79 Å². The first-order valence-corrected chi connectivity index (χ1v) is 7.75. The van der Waals surface area contributed by atoms with Crippen LogP contribution in [0.15, 0.2) is 42.5 Å². The molecule has 0 atom stereocenters. The van der Waals surface area contributed by atoms with Gasteiger partial charge in [0.25, 0.3) is 5.91 Å². The van der Waals surface area contributed by atoms with E-state index in [0.29, 0.717) is 40.3 Å². The average Bonchev–Trinajstić information content (AvgIpc) is 2.52. The molecule has 122 valence electrons. The van der Waals surface area contributed by atoms with E-state index in [1.165, 1.54) is 0 Å². The third-order valence-corrected chi connectivity index (χ3v) is 3.32. The zero-order valence-corrected chi connectivity index (χ0v) is 14.2. The summed E-state index contributed by atoms with van der Waals surface area (Å²) in [7, 11) is 1.55. The third kappa shape index (κ3) is 4.89. The van der Waals surface area contributed by atoms with Crippen LogP contribution in [0.1, 0.15) is 24.2 Å². The number of hydrogen-bond acceptors (Lipinski definition) is 3. The van der Waals surface area contributed by atoms with Gasteiger partial charge in [0.1, 0.15) is 0 Å². The first kappa shape index (κ1) is 17.2. The number of carbonyl (C=O) groups is 1. The lowest BCUT2D eigenvalue weighted by Gasteiger charge is -2.13. The highest BCUT2D eigenvalue weighted by molar-refractivity contribution is 6.30. The Labute approximate surface area is 141 Å². The standard InChI is InChI=1S/C18H20ClNO3/c1-12(2)11-23-16-8-7-13(9-17(16)22-3)18(21)20-15-6-4-5-14(19)10-15/h4-10,12H,11H2,1-3H3,(H,20,21). The highest BCUT2D eigenvalue weighted by Gasteiger charge is 2.12. The molecule has 0 fully saturated rings. The van der Waals surface area contributed by atoms with Gasteiger partial charge in [-0.3, -0.25) is 4.79 Å². The number of carbonyl (C=O) groups excluding carboxylic acids is 1. The number of rotatable bonds is 6. The van der Waals surface area contributed by atoms with Crippen molar-refractivity contribution in [1.29, 1.82) is 0 Å². The number of benzene rings is 2. The second kappa shape index (κ2) is 7.88. The fourth-order valence-electron chi connectivity index (χ4n) is 1.95. The highest BCUT2D eigenvalue weighted by Crippen LogP contribution is 2.29. The van der Waals surface area contributed by atoms with Crippen molar-refractivity contribution >= 4 is 23.2 Å². The smallest absolute Gasteiger partial charge is 0.255 e. The SMILES string of the molecule is COc1cc(C(=O)Nc2cccc(Cl)c2)ccc1OCC(C)C. The van der Waals surface area contributed by atoms with Crippen LogP contribution in [0, 0.1) is 5.92 Å². The summed E-state index contributed by atoms with van der Waals surface area (Å²) in [5.41, 5.74) is 1.13. The maximum absolute atomic E-state index is 12.3. The average molecular weight is 334 g/mol. The molecule has 0 saturated heterocycles. The normalized spacial score (nSPS) is 10.5. The maximum atomic E-state index is 12.3. The molecule has 0 aliphatic carbocycles. The van der Waals surface area contributed by atoms with Crippen LogP contribution in [0.3, 0.4) is 0 Å². The van der Waals surface area contributed by atoms with Gasteiger partial charge >= 0.3 is 0 Å². The van der Waals surface area contributed by atoms with E-state index in [1.807, 2.05) is 0 Å². The molecule has 1 amide bonds. The first-order valence-electron chi connectivity index (χ1n) is 7.37. The Bertz CT molecular complexity index is 686. The van der Waals surface area contributed by atoms with Gasteiger partial charge < -0.3 is 14.8 Å². The van der Waals surface area contributed by atoms with E-state index in [2.05, 4.69) is 19.2 Å². The molecule has 0 heterocycles.